The highest BCUT2D eigenvalue weighted by Gasteiger charge is 2.33. The van der Waals surface area contributed by atoms with E-state index in [-0.39, 0.29) is 18.0 Å². The van der Waals surface area contributed by atoms with Crippen LogP contribution in [0, 0.1) is 6.92 Å². The number of benzene rings is 2. The third kappa shape index (κ3) is 4.57. The Balaban J connectivity index is 1.94. The summed E-state index contributed by atoms with van der Waals surface area (Å²) < 4.78 is 45.7. The summed E-state index contributed by atoms with van der Waals surface area (Å²) in [5.41, 5.74) is 0.845. The maximum absolute atomic E-state index is 13.0. The van der Waals surface area contributed by atoms with Gasteiger partial charge in [-0.1, -0.05) is 28.9 Å². The first-order valence-corrected chi connectivity index (χ1v) is 8.77. The van der Waals surface area contributed by atoms with Crippen LogP contribution in [0.1, 0.15) is 27.3 Å². The minimum absolute atomic E-state index is 0.0259. The van der Waals surface area contributed by atoms with Gasteiger partial charge in [-0.05, 0) is 42.8 Å². The number of nitrogens with one attached hydrogen (secondary N) is 1. The van der Waals surface area contributed by atoms with Crippen molar-refractivity contribution >= 4 is 23.2 Å². The topological polar surface area (TPSA) is 69.0 Å². The number of halogens is 4. The number of anilines is 1. The molecular formula is C19H16ClF3N4O2. The number of aryl methyl sites for hydroxylation is 1. The highest BCUT2D eigenvalue weighted by molar-refractivity contribution is 6.31. The van der Waals surface area contributed by atoms with Crippen LogP contribution in [0.3, 0.4) is 0 Å². The maximum Gasteiger partial charge on any atom is 0.417 e. The van der Waals surface area contributed by atoms with Crippen LogP contribution in [0.4, 0.5) is 18.9 Å². The first-order valence-electron chi connectivity index (χ1n) is 8.39. The highest BCUT2D eigenvalue weighted by Crippen LogP contribution is 2.36. The molecule has 2 aromatic carbocycles. The number of methoxy groups -OCH3 is 1. The monoisotopic (exact) mass is 424 g/mol. The van der Waals surface area contributed by atoms with Gasteiger partial charge in [-0.3, -0.25) is 4.79 Å². The molecule has 0 saturated carbocycles. The average molecular weight is 425 g/mol. The summed E-state index contributed by atoms with van der Waals surface area (Å²) in [6.45, 7) is 1.93. The fraction of sp³-hybridized carbons (Fsp3) is 0.211. The lowest BCUT2D eigenvalue weighted by molar-refractivity contribution is -0.137. The van der Waals surface area contributed by atoms with Crippen LogP contribution in [0.2, 0.25) is 5.02 Å². The Bertz CT molecular complexity index is 1050. The fourth-order valence-electron chi connectivity index (χ4n) is 2.72. The molecule has 1 amide bonds. The Morgan fingerprint density at radius 3 is 2.66 bits per heavy atom. The summed E-state index contributed by atoms with van der Waals surface area (Å²) in [6.07, 6.45) is -4.65. The predicted molar refractivity (Wildman–Crippen MR) is 101 cm³/mol. The van der Waals surface area contributed by atoms with Gasteiger partial charge in [0.1, 0.15) is 5.69 Å². The van der Waals surface area contributed by atoms with Crippen LogP contribution in [-0.2, 0) is 17.5 Å². The van der Waals surface area contributed by atoms with Crippen molar-refractivity contribution in [1.82, 2.24) is 15.0 Å². The van der Waals surface area contributed by atoms with Crippen molar-refractivity contribution in [3.8, 4) is 5.69 Å². The normalized spacial score (nSPS) is 11.5. The number of hydrogen-bond donors (Lipinski definition) is 1. The molecule has 29 heavy (non-hydrogen) atoms. The van der Waals surface area contributed by atoms with E-state index in [1.165, 1.54) is 17.9 Å². The fourth-order valence-corrected chi connectivity index (χ4v) is 2.95. The third-order valence-electron chi connectivity index (χ3n) is 4.04. The van der Waals surface area contributed by atoms with Gasteiger partial charge in [-0.25, -0.2) is 4.68 Å². The third-order valence-corrected chi connectivity index (χ3v) is 4.36. The van der Waals surface area contributed by atoms with Gasteiger partial charge in [0.2, 0.25) is 0 Å². The van der Waals surface area contributed by atoms with Crippen molar-refractivity contribution in [2.75, 3.05) is 12.4 Å². The second kappa shape index (κ2) is 8.22. The minimum Gasteiger partial charge on any atom is -0.378 e. The van der Waals surface area contributed by atoms with Crippen LogP contribution in [0.25, 0.3) is 5.69 Å². The van der Waals surface area contributed by atoms with Crippen LogP contribution in [-0.4, -0.2) is 28.0 Å². The molecule has 3 aromatic rings. The second-order valence-electron chi connectivity index (χ2n) is 6.22. The lowest BCUT2D eigenvalue weighted by Crippen LogP contribution is -2.17. The number of carbonyl (C=O) groups is 1. The number of nitrogens with zero attached hydrogens (tertiary/aromatic N) is 3. The molecule has 0 aliphatic carbocycles. The van der Waals surface area contributed by atoms with E-state index in [0.717, 1.165) is 17.7 Å². The summed E-state index contributed by atoms with van der Waals surface area (Å²) in [4.78, 5) is 12.7. The van der Waals surface area contributed by atoms with Crippen molar-refractivity contribution in [3.63, 3.8) is 0 Å². The van der Waals surface area contributed by atoms with Gasteiger partial charge in [-0.15, -0.1) is 5.10 Å². The van der Waals surface area contributed by atoms with E-state index in [1.807, 2.05) is 25.1 Å². The summed E-state index contributed by atoms with van der Waals surface area (Å²) in [7, 11) is 1.45. The number of aromatic nitrogens is 3. The number of ether oxygens (including phenoxy) is 1. The van der Waals surface area contributed by atoms with Crippen molar-refractivity contribution in [1.29, 1.82) is 0 Å². The number of amides is 1. The van der Waals surface area contributed by atoms with E-state index in [0.29, 0.717) is 11.4 Å². The standard InChI is InChI=1S/C19H16ClF3N4O2/c1-11-4-3-5-13(8-11)27-16(10-29-2)17(25-26-27)18(28)24-12-6-7-15(20)14(9-12)19(21,22)23/h3-9H,10H2,1-2H3,(H,24,28). The molecule has 1 heterocycles. The van der Waals surface area contributed by atoms with Crippen molar-refractivity contribution in [2.45, 2.75) is 19.7 Å². The predicted octanol–water partition coefficient (Wildman–Crippen LogP) is 4.65. The van der Waals surface area contributed by atoms with Crippen molar-refractivity contribution in [3.05, 3.63) is 70.0 Å². The molecule has 0 saturated heterocycles. The molecule has 0 spiro atoms. The van der Waals surface area contributed by atoms with Crippen molar-refractivity contribution < 1.29 is 22.7 Å². The molecule has 0 atom stereocenters. The number of alkyl halides is 3. The van der Waals surface area contributed by atoms with E-state index in [4.69, 9.17) is 16.3 Å². The number of rotatable bonds is 5. The number of carbonyl (C=O) groups excluding carboxylic acids is 1. The zero-order valence-electron chi connectivity index (χ0n) is 15.4. The Kier molecular flexibility index (Phi) is 5.90. The molecule has 6 nitrogen and oxygen atoms in total. The Morgan fingerprint density at radius 1 is 1.24 bits per heavy atom. The largest absolute Gasteiger partial charge is 0.417 e. The molecular weight excluding hydrogens is 409 g/mol. The summed E-state index contributed by atoms with van der Waals surface area (Å²) >= 11 is 5.61. The van der Waals surface area contributed by atoms with E-state index >= 15 is 0 Å². The molecule has 0 bridgehead atoms. The van der Waals surface area contributed by atoms with Crippen LogP contribution >= 0.6 is 11.6 Å². The van der Waals surface area contributed by atoms with E-state index < -0.39 is 22.7 Å². The molecule has 3 rings (SSSR count). The van der Waals surface area contributed by atoms with Crippen LogP contribution < -0.4 is 5.32 Å². The highest BCUT2D eigenvalue weighted by atomic mass is 35.5. The zero-order valence-corrected chi connectivity index (χ0v) is 16.2. The van der Waals surface area contributed by atoms with Gasteiger partial charge < -0.3 is 10.1 Å². The summed E-state index contributed by atoms with van der Waals surface area (Å²) in [5.74, 6) is -0.716. The lowest BCUT2D eigenvalue weighted by Gasteiger charge is -2.12. The molecule has 152 valence electrons. The van der Waals surface area contributed by atoms with Gasteiger partial charge in [0, 0.05) is 12.8 Å². The number of hydrogen-bond acceptors (Lipinski definition) is 4. The van der Waals surface area contributed by atoms with Crippen LogP contribution in [0.5, 0.6) is 0 Å². The smallest absolute Gasteiger partial charge is 0.378 e. The van der Waals surface area contributed by atoms with Crippen LogP contribution in [0.15, 0.2) is 42.5 Å². The molecule has 0 aliphatic rings. The van der Waals surface area contributed by atoms with E-state index in [1.54, 1.807) is 6.07 Å². The van der Waals surface area contributed by atoms with E-state index in [9.17, 15) is 18.0 Å². The first kappa shape index (κ1) is 20.8. The molecule has 0 unspecified atom stereocenters. The van der Waals surface area contributed by atoms with E-state index in [2.05, 4.69) is 15.6 Å². The van der Waals surface area contributed by atoms with Gasteiger partial charge in [0.25, 0.3) is 5.91 Å². The Morgan fingerprint density at radius 2 is 2.00 bits per heavy atom. The molecule has 10 heteroatoms. The molecule has 0 radical (unpaired) electrons. The second-order valence-corrected chi connectivity index (χ2v) is 6.62. The minimum atomic E-state index is -4.65. The Hall–Kier alpha value is -2.91. The molecule has 1 aromatic heterocycles. The SMILES string of the molecule is COCc1c(C(=O)Nc2ccc(Cl)c(C(F)(F)F)c2)nnn1-c1cccc(C)c1. The van der Waals surface area contributed by atoms with Gasteiger partial charge in [-0.2, -0.15) is 13.2 Å². The Labute approximate surface area is 169 Å². The summed E-state index contributed by atoms with van der Waals surface area (Å²) in [5, 5.41) is 9.85. The van der Waals surface area contributed by atoms with Gasteiger partial charge in [0.15, 0.2) is 5.69 Å². The molecule has 1 N–H and O–H groups in total. The molecule has 0 fully saturated rings. The summed E-state index contributed by atoms with van der Waals surface area (Å²) in [6, 6.07) is 10.5. The lowest BCUT2D eigenvalue weighted by atomic mass is 10.2. The first-order chi connectivity index (χ1) is 13.7. The molecule has 0 aliphatic heterocycles. The quantitative estimate of drug-likeness (QED) is 0.647. The van der Waals surface area contributed by atoms with Gasteiger partial charge in [0.05, 0.1) is 22.9 Å². The average Bonchev–Trinajstić information content (AvgIpc) is 3.06. The van der Waals surface area contributed by atoms with Gasteiger partial charge >= 0.3 is 6.18 Å². The van der Waals surface area contributed by atoms with Crippen molar-refractivity contribution in [2.24, 2.45) is 0 Å². The zero-order chi connectivity index (χ0) is 21.2. The maximum atomic E-state index is 13.0.